The smallest absolute Gasteiger partial charge is 1.00 e. The molecule has 114 valence electrons. The molecule has 0 unspecified atom stereocenters. The van der Waals surface area contributed by atoms with Crippen LogP contribution in [-0.2, 0) is 20.4 Å². The van der Waals surface area contributed by atoms with E-state index in [1.165, 1.54) is 0 Å². The van der Waals surface area contributed by atoms with Crippen molar-refractivity contribution in [1.29, 1.82) is 0 Å². The SMILES string of the molecule is C=CCN(CC=C)CCN(CC=C)CC=C.[Cl-].[Cl-].[Pd+2]. The first-order valence-corrected chi connectivity index (χ1v) is 5.66. The molecule has 0 aromatic heterocycles. The summed E-state index contributed by atoms with van der Waals surface area (Å²) in [5.74, 6) is 0. The normalized spacial score (nSPS) is 8.74. The molecule has 19 heavy (non-hydrogen) atoms. The van der Waals surface area contributed by atoms with Gasteiger partial charge in [0.1, 0.15) is 0 Å². The number of hydrogen-bond donors (Lipinski definition) is 0. The number of rotatable bonds is 11. The molecule has 0 saturated carbocycles. The molecule has 2 nitrogen and oxygen atoms in total. The maximum atomic E-state index is 3.76. The van der Waals surface area contributed by atoms with Gasteiger partial charge in [0.15, 0.2) is 0 Å². The van der Waals surface area contributed by atoms with Crippen LogP contribution in [0.15, 0.2) is 50.6 Å². The molecule has 0 aliphatic carbocycles. The largest absolute Gasteiger partial charge is 2.00 e. The second kappa shape index (κ2) is 20.4. The van der Waals surface area contributed by atoms with Crippen molar-refractivity contribution >= 4 is 0 Å². The molecular formula is C14H24Cl2N2Pd. The van der Waals surface area contributed by atoms with Crippen LogP contribution in [0.3, 0.4) is 0 Å². The molecule has 0 atom stereocenters. The van der Waals surface area contributed by atoms with Crippen LogP contribution in [0.5, 0.6) is 0 Å². The second-order valence-corrected chi connectivity index (χ2v) is 3.67. The van der Waals surface area contributed by atoms with Crippen LogP contribution >= 0.6 is 0 Å². The van der Waals surface area contributed by atoms with Gasteiger partial charge in [-0.05, 0) is 0 Å². The van der Waals surface area contributed by atoms with Crippen LogP contribution in [0, 0.1) is 0 Å². The molecular weight excluding hydrogens is 373 g/mol. The minimum absolute atomic E-state index is 0. The van der Waals surface area contributed by atoms with E-state index in [0.717, 1.165) is 39.3 Å². The first-order chi connectivity index (χ1) is 7.78. The molecule has 0 aliphatic heterocycles. The van der Waals surface area contributed by atoms with E-state index in [0.29, 0.717) is 0 Å². The van der Waals surface area contributed by atoms with Crippen molar-refractivity contribution in [2.75, 3.05) is 39.3 Å². The average molecular weight is 398 g/mol. The van der Waals surface area contributed by atoms with Gasteiger partial charge >= 0.3 is 20.4 Å². The van der Waals surface area contributed by atoms with E-state index in [1.807, 2.05) is 24.3 Å². The van der Waals surface area contributed by atoms with Gasteiger partial charge in [-0.1, -0.05) is 24.3 Å². The number of halogens is 2. The molecule has 0 heterocycles. The summed E-state index contributed by atoms with van der Waals surface area (Å²) >= 11 is 0. The Balaban J connectivity index is -0.000000375. The van der Waals surface area contributed by atoms with Gasteiger partial charge in [0.25, 0.3) is 0 Å². The van der Waals surface area contributed by atoms with Crippen LogP contribution in [0.25, 0.3) is 0 Å². The zero-order valence-corrected chi connectivity index (χ0v) is 14.4. The van der Waals surface area contributed by atoms with Crippen molar-refractivity contribution in [3.8, 4) is 0 Å². The number of hydrogen-bond acceptors (Lipinski definition) is 2. The molecule has 0 fully saturated rings. The summed E-state index contributed by atoms with van der Waals surface area (Å²) in [4.78, 5) is 4.61. The van der Waals surface area contributed by atoms with E-state index in [9.17, 15) is 0 Å². The zero-order valence-electron chi connectivity index (χ0n) is 11.3. The van der Waals surface area contributed by atoms with Gasteiger partial charge in [0, 0.05) is 39.3 Å². The minimum Gasteiger partial charge on any atom is -1.00 e. The summed E-state index contributed by atoms with van der Waals surface area (Å²) in [7, 11) is 0. The minimum atomic E-state index is 0. The summed E-state index contributed by atoms with van der Waals surface area (Å²) in [6.45, 7) is 20.7. The van der Waals surface area contributed by atoms with Crippen LogP contribution < -0.4 is 24.8 Å². The predicted molar refractivity (Wildman–Crippen MR) is 73.7 cm³/mol. The van der Waals surface area contributed by atoms with E-state index in [-0.39, 0.29) is 45.2 Å². The van der Waals surface area contributed by atoms with Crippen molar-refractivity contribution in [3.05, 3.63) is 50.6 Å². The maximum absolute atomic E-state index is 3.76. The first-order valence-electron chi connectivity index (χ1n) is 5.66. The third-order valence-corrected chi connectivity index (χ3v) is 2.28. The summed E-state index contributed by atoms with van der Waals surface area (Å²) in [5, 5.41) is 0. The molecule has 0 N–H and O–H groups in total. The molecule has 0 bridgehead atoms. The molecule has 0 aromatic carbocycles. The second-order valence-electron chi connectivity index (χ2n) is 3.67. The van der Waals surface area contributed by atoms with Crippen molar-refractivity contribution in [2.45, 2.75) is 0 Å². The number of nitrogens with zero attached hydrogens (tertiary/aromatic N) is 2. The van der Waals surface area contributed by atoms with Gasteiger partial charge in [-0.3, -0.25) is 9.80 Å². The van der Waals surface area contributed by atoms with E-state index in [4.69, 9.17) is 0 Å². The van der Waals surface area contributed by atoms with Gasteiger partial charge in [-0.25, -0.2) is 0 Å². The summed E-state index contributed by atoms with van der Waals surface area (Å²) < 4.78 is 0. The van der Waals surface area contributed by atoms with Crippen molar-refractivity contribution < 1.29 is 45.2 Å². The standard InChI is InChI=1S/C14H24N2.2ClH.Pd/c1-5-9-15(10-6-2)13-14-16(11-7-3)12-8-4;;;/h5-8H,1-4,9-14H2;2*1H;/q;;;+2/p-2. The Hall–Kier alpha value is 0.122. The summed E-state index contributed by atoms with van der Waals surface area (Å²) in [5.41, 5.74) is 0. The van der Waals surface area contributed by atoms with Crippen molar-refractivity contribution in [2.24, 2.45) is 0 Å². The monoisotopic (exact) mass is 396 g/mol. The maximum Gasteiger partial charge on any atom is 2.00 e. The van der Waals surface area contributed by atoms with Crippen molar-refractivity contribution in [3.63, 3.8) is 0 Å². The molecule has 0 saturated heterocycles. The zero-order chi connectivity index (χ0) is 12.2. The fraction of sp³-hybridized carbons (Fsp3) is 0.429. The molecule has 0 aliphatic rings. The van der Waals surface area contributed by atoms with E-state index < -0.39 is 0 Å². The predicted octanol–water partition coefficient (Wildman–Crippen LogP) is -3.66. The van der Waals surface area contributed by atoms with E-state index >= 15 is 0 Å². The van der Waals surface area contributed by atoms with E-state index in [2.05, 4.69) is 36.1 Å². The van der Waals surface area contributed by atoms with Crippen molar-refractivity contribution in [1.82, 2.24) is 9.80 Å². The van der Waals surface area contributed by atoms with E-state index in [1.54, 1.807) is 0 Å². The first kappa shape index (κ1) is 27.5. The third kappa shape index (κ3) is 16.1. The Morgan fingerprint density at radius 1 is 0.579 bits per heavy atom. The quantitative estimate of drug-likeness (QED) is 0.262. The average Bonchev–Trinajstić information content (AvgIpc) is 2.27. The Bertz CT molecular complexity index is 191. The Labute approximate surface area is 144 Å². The Morgan fingerprint density at radius 2 is 0.789 bits per heavy atom. The molecule has 0 radical (unpaired) electrons. The van der Waals surface area contributed by atoms with Gasteiger partial charge in [0.05, 0.1) is 0 Å². The van der Waals surface area contributed by atoms with Gasteiger partial charge in [-0.15, -0.1) is 26.3 Å². The van der Waals surface area contributed by atoms with Crippen LogP contribution in [0.1, 0.15) is 0 Å². The topological polar surface area (TPSA) is 6.48 Å². The molecule has 0 amide bonds. The Morgan fingerprint density at radius 3 is 0.947 bits per heavy atom. The van der Waals surface area contributed by atoms with Gasteiger partial charge in [-0.2, -0.15) is 0 Å². The fourth-order valence-corrected chi connectivity index (χ4v) is 1.53. The molecule has 0 spiro atoms. The van der Waals surface area contributed by atoms with Gasteiger partial charge < -0.3 is 24.8 Å². The van der Waals surface area contributed by atoms with Crippen LogP contribution in [-0.4, -0.2) is 49.1 Å². The molecule has 5 heteroatoms. The molecule has 0 rings (SSSR count). The molecule has 0 aromatic rings. The van der Waals surface area contributed by atoms with Crippen LogP contribution in [0.4, 0.5) is 0 Å². The third-order valence-electron chi connectivity index (χ3n) is 2.28. The Kier molecular flexibility index (Phi) is 29.5. The van der Waals surface area contributed by atoms with Crippen LogP contribution in [0.2, 0.25) is 0 Å². The summed E-state index contributed by atoms with van der Waals surface area (Å²) in [6, 6.07) is 0. The summed E-state index contributed by atoms with van der Waals surface area (Å²) in [6.07, 6.45) is 7.70. The van der Waals surface area contributed by atoms with Gasteiger partial charge in [0.2, 0.25) is 0 Å². The fourth-order valence-electron chi connectivity index (χ4n) is 1.53.